The molecule has 1 aromatic heterocycles. The molecule has 0 aliphatic rings. The van der Waals surface area contributed by atoms with Crippen LogP contribution in [0.4, 0.5) is 0 Å². The lowest BCUT2D eigenvalue weighted by Gasteiger charge is -2.01. The van der Waals surface area contributed by atoms with Crippen LogP contribution in [0.15, 0.2) is 41.3 Å². The minimum atomic E-state index is 1.15. The molecule has 0 atom stereocenters. The highest BCUT2D eigenvalue weighted by molar-refractivity contribution is 7.99. The number of hydrogen-bond donors (Lipinski definition) is 0. The van der Waals surface area contributed by atoms with Crippen LogP contribution in [0.25, 0.3) is 0 Å². The standard InChI is InChI=1S/C14H16S2/c1-11-10-14(12(2)16-11)15-9-8-13-6-4-3-5-7-13/h3-7,10H,8-9H2,1-2H3. The van der Waals surface area contributed by atoms with Crippen LogP contribution in [0.3, 0.4) is 0 Å². The van der Waals surface area contributed by atoms with Crippen LogP contribution in [0.5, 0.6) is 0 Å². The third-order valence-electron chi connectivity index (χ3n) is 2.49. The summed E-state index contributed by atoms with van der Waals surface area (Å²) in [6.45, 7) is 4.39. The van der Waals surface area contributed by atoms with Gasteiger partial charge < -0.3 is 0 Å². The van der Waals surface area contributed by atoms with Gasteiger partial charge in [-0.05, 0) is 31.9 Å². The highest BCUT2D eigenvalue weighted by Gasteiger charge is 2.03. The molecule has 0 saturated carbocycles. The lowest BCUT2D eigenvalue weighted by atomic mass is 10.2. The molecule has 0 nitrogen and oxygen atoms in total. The average Bonchev–Trinajstić information content (AvgIpc) is 2.59. The minimum Gasteiger partial charge on any atom is -0.145 e. The first-order valence-corrected chi connectivity index (χ1v) is 7.29. The molecule has 2 heteroatoms. The fraction of sp³-hybridized carbons (Fsp3) is 0.286. The monoisotopic (exact) mass is 248 g/mol. The summed E-state index contributed by atoms with van der Waals surface area (Å²) in [6.07, 6.45) is 1.15. The van der Waals surface area contributed by atoms with Gasteiger partial charge >= 0.3 is 0 Å². The van der Waals surface area contributed by atoms with Gasteiger partial charge in [0.25, 0.3) is 0 Å². The molecular formula is C14H16S2. The lowest BCUT2D eigenvalue weighted by molar-refractivity contribution is 1.15. The van der Waals surface area contributed by atoms with E-state index in [1.807, 2.05) is 23.1 Å². The van der Waals surface area contributed by atoms with Gasteiger partial charge in [0.1, 0.15) is 0 Å². The third kappa shape index (κ3) is 3.13. The van der Waals surface area contributed by atoms with Gasteiger partial charge in [-0.15, -0.1) is 23.1 Å². The summed E-state index contributed by atoms with van der Waals surface area (Å²) in [5.74, 6) is 1.17. The Hall–Kier alpha value is -0.730. The summed E-state index contributed by atoms with van der Waals surface area (Å²) in [7, 11) is 0. The van der Waals surface area contributed by atoms with Crippen molar-refractivity contribution in [2.24, 2.45) is 0 Å². The molecular weight excluding hydrogens is 232 g/mol. The molecule has 0 amide bonds. The lowest BCUT2D eigenvalue weighted by Crippen LogP contribution is -1.87. The Morgan fingerprint density at radius 2 is 1.88 bits per heavy atom. The van der Waals surface area contributed by atoms with Crippen LogP contribution in [-0.4, -0.2) is 5.75 Å². The van der Waals surface area contributed by atoms with Crippen molar-refractivity contribution >= 4 is 23.1 Å². The molecule has 0 radical (unpaired) electrons. The molecule has 0 aliphatic heterocycles. The summed E-state index contributed by atoms with van der Waals surface area (Å²) in [5, 5.41) is 0. The van der Waals surface area contributed by atoms with Gasteiger partial charge in [0, 0.05) is 20.4 Å². The SMILES string of the molecule is Cc1cc(SCCc2ccccc2)c(C)s1. The Morgan fingerprint density at radius 3 is 2.50 bits per heavy atom. The smallest absolute Gasteiger partial charge is 0.0211 e. The summed E-state index contributed by atoms with van der Waals surface area (Å²) < 4.78 is 0. The topological polar surface area (TPSA) is 0 Å². The van der Waals surface area contributed by atoms with Gasteiger partial charge in [0.2, 0.25) is 0 Å². The van der Waals surface area contributed by atoms with Crippen LogP contribution in [0.2, 0.25) is 0 Å². The molecule has 0 saturated heterocycles. The number of aryl methyl sites for hydroxylation is 3. The fourth-order valence-corrected chi connectivity index (χ4v) is 3.89. The van der Waals surface area contributed by atoms with Gasteiger partial charge in [-0.1, -0.05) is 30.3 Å². The Balaban J connectivity index is 1.87. The van der Waals surface area contributed by atoms with Crippen molar-refractivity contribution in [2.75, 3.05) is 5.75 Å². The van der Waals surface area contributed by atoms with E-state index in [1.165, 1.54) is 26.0 Å². The van der Waals surface area contributed by atoms with Crippen molar-refractivity contribution in [1.29, 1.82) is 0 Å². The summed E-state index contributed by atoms with van der Waals surface area (Å²) in [5.41, 5.74) is 1.43. The zero-order chi connectivity index (χ0) is 11.4. The molecule has 1 aromatic carbocycles. The summed E-state index contributed by atoms with van der Waals surface area (Å²) >= 11 is 3.87. The molecule has 16 heavy (non-hydrogen) atoms. The summed E-state index contributed by atoms with van der Waals surface area (Å²) in [6, 6.07) is 13.0. The second-order valence-corrected chi connectivity index (χ2v) is 6.46. The van der Waals surface area contributed by atoms with Crippen LogP contribution in [0, 0.1) is 13.8 Å². The van der Waals surface area contributed by atoms with Gasteiger partial charge in [-0.25, -0.2) is 0 Å². The van der Waals surface area contributed by atoms with E-state index in [4.69, 9.17) is 0 Å². The van der Waals surface area contributed by atoms with E-state index < -0.39 is 0 Å². The number of thiophene rings is 1. The average molecular weight is 248 g/mol. The van der Waals surface area contributed by atoms with Crippen LogP contribution >= 0.6 is 23.1 Å². The van der Waals surface area contributed by atoms with E-state index in [-0.39, 0.29) is 0 Å². The summed E-state index contributed by atoms with van der Waals surface area (Å²) in [4.78, 5) is 4.33. The highest BCUT2D eigenvalue weighted by atomic mass is 32.2. The Morgan fingerprint density at radius 1 is 1.12 bits per heavy atom. The van der Waals surface area contributed by atoms with E-state index in [0.717, 1.165) is 6.42 Å². The first kappa shape index (κ1) is 11.7. The number of thioether (sulfide) groups is 1. The van der Waals surface area contributed by atoms with Crippen LogP contribution in [-0.2, 0) is 6.42 Å². The van der Waals surface area contributed by atoms with E-state index in [1.54, 1.807) is 0 Å². The molecule has 2 rings (SSSR count). The van der Waals surface area contributed by atoms with Crippen molar-refractivity contribution in [1.82, 2.24) is 0 Å². The van der Waals surface area contributed by atoms with Crippen molar-refractivity contribution in [2.45, 2.75) is 25.2 Å². The Labute approximate surface area is 106 Å². The third-order valence-corrected chi connectivity index (χ3v) is 4.72. The normalized spacial score (nSPS) is 10.6. The van der Waals surface area contributed by atoms with Crippen molar-refractivity contribution < 1.29 is 0 Å². The second-order valence-electron chi connectivity index (χ2n) is 3.86. The molecule has 0 unspecified atom stereocenters. The van der Waals surface area contributed by atoms with Crippen LogP contribution in [0.1, 0.15) is 15.3 Å². The number of benzene rings is 1. The quantitative estimate of drug-likeness (QED) is 0.707. The Kier molecular flexibility index (Phi) is 4.08. The zero-order valence-corrected chi connectivity index (χ0v) is 11.3. The molecule has 0 N–H and O–H groups in total. The predicted molar refractivity (Wildman–Crippen MR) is 74.7 cm³/mol. The molecule has 2 aromatic rings. The Bertz CT molecular complexity index is 443. The van der Waals surface area contributed by atoms with Crippen LogP contribution < -0.4 is 0 Å². The van der Waals surface area contributed by atoms with Gasteiger partial charge in [0.05, 0.1) is 0 Å². The number of hydrogen-bond acceptors (Lipinski definition) is 2. The first-order valence-electron chi connectivity index (χ1n) is 5.49. The first-order chi connectivity index (χ1) is 7.75. The van der Waals surface area contributed by atoms with Gasteiger partial charge in [-0.3, -0.25) is 0 Å². The molecule has 0 fully saturated rings. The molecule has 0 spiro atoms. The maximum absolute atomic E-state index is 2.30. The zero-order valence-electron chi connectivity index (χ0n) is 9.69. The highest BCUT2D eigenvalue weighted by Crippen LogP contribution is 2.30. The fourth-order valence-electron chi connectivity index (χ4n) is 1.67. The maximum atomic E-state index is 2.30. The molecule has 84 valence electrons. The van der Waals surface area contributed by atoms with E-state index in [2.05, 4.69) is 50.2 Å². The number of rotatable bonds is 4. The molecule has 1 heterocycles. The largest absolute Gasteiger partial charge is 0.145 e. The van der Waals surface area contributed by atoms with Gasteiger partial charge in [-0.2, -0.15) is 0 Å². The second kappa shape index (κ2) is 5.55. The van der Waals surface area contributed by atoms with Gasteiger partial charge in [0.15, 0.2) is 0 Å². The van der Waals surface area contributed by atoms with Crippen molar-refractivity contribution in [3.63, 3.8) is 0 Å². The molecule has 0 aliphatic carbocycles. The van der Waals surface area contributed by atoms with E-state index in [9.17, 15) is 0 Å². The predicted octanol–water partition coefficient (Wildman–Crippen LogP) is 4.70. The molecule has 0 bridgehead atoms. The minimum absolute atomic E-state index is 1.15. The maximum Gasteiger partial charge on any atom is 0.0211 e. The van der Waals surface area contributed by atoms with Crippen molar-refractivity contribution in [3.8, 4) is 0 Å². The van der Waals surface area contributed by atoms with E-state index in [0.29, 0.717) is 0 Å². The van der Waals surface area contributed by atoms with Crippen molar-refractivity contribution in [3.05, 3.63) is 51.7 Å². The van der Waals surface area contributed by atoms with E-state index >= 15 is 0 Å².